The largest absolute Gasteiger partial charge is 0.467 e. The fourth-order valence-electron chi connectivity index (χ4n) is 1.63. The number of anilines is 1. The highest BCUT2D eigenvalue weighted by atomic mass is 35.5. The van der Waals surface area contributed by atoms with E-state index >= 15 is 0 Å². The van der Waals surface area contributed by atoms with Crippen molar-refractivity contribution >= 4 is 17.4 Å². The summed E-state index contributed by atoms with van der Waals surface area (Å²) in [4.78, 5) is 8.27. The standard InChI is InChI=1S/C12H14ClN3O2/c1-8-14-11(13)6-12(15-8)16-9(7-17-2)10-4-3-5-18-10/h3-6,9H,7H2,1-2H3,(H,14,15,16). The number of aryl methyl sites for hydroxylation is 1. The number of methoxy groups -OCH3 is 1. The van der Waals surface area contributed by atoms with Gasteiger partial charge in [0.1, 0.15) is 28.6 Å². The van der Waals surface area contributed by atoms with Crippen LogP contribution in [-0.2, 0) is 4.74 Å². The van der Waals surface area contributed by atoms with Crippen molar-refractivity contribution in [2.45, 2.75) is 13.0 Å². The summed E-state index contributed by atoms with van der Waals surface area (Å²) in [5.74, 6) is 2.04. The lowest BCUT2D eigenvalue weighted by Crippen LogP contribution is -2.16. The maximum absolute atomic E-state index is 5.89. The predicted molar refractivity (Wildman–Crippen MR) is 68.7 cm³/mol. The van der Waals surface area contributed by atoms with E-state index in [2.05, 4.69) is 15.3 Å². The smallest absolute Gasteiger partial charge is 0.134 e. The van der Waals surface area contributed by atoms with Crippen molar-refractivity contribution in [1.82, 2.24) is 9.97 Å². The average molecular weight is 268 g/mol. The minimum Gasteiger partial charge on any atom is -0.467 e. The number of nitrogens with zero attached hydrogens (tertiary/aromatic N) is 2. The van der Waals surface area contributed by atoms with Crippen LogP contribution in [0.25, 0.3) is 0 Å². The van der Waals surface area contributed by atoms with Gasteiger partial charge in [0.05, 0.1) is 12.9 Å². The van der Waals surface area contributed by atoms with Crippen molar-refractivity contribution in [2.75, 3.05) is 19.0 Å². The molecular weight excluding hydrogens is 254 g/mol. The van der Waals surface area contributed by atoms with Crippen molar-refractivity contribution in [1.29, 1.82) is 0 Å². The second kappa shape index (κ2) is 5.84. The zero-order valence-electron chi connectivity index (χ0n) is 10.2. The molecule has 2 aromatic heterocycles. The molecule has 1 N–H and O–H groups in total. The van der Waals surface area contributed by atoms with E-state index < -0.39 is 0 Å². The Kier molecular flexibility index (Phi) is 4.17. The molecule has 0 saturated carbocycles. The van der Waals surface area contributed by atoms with Crippen LogP contribution in [0.5, 0.6) is 0 Å². The number of rotatable bonds is 5. The van der Waals surface area contributed by atoms with Crippen LogP contribution in [-0.4, -0.2) is 23.7 Å². The Hall–Kier alpha value is -1.59. The quantitative estimate of drug-likeness (QED) is 0.844. The second-order valence-corrected chi connectivity index (χ2v) is 4.18. The number of furan rings is 1. The van der Waals surface area contributed by atoms with Gasteiger partial charge in [-0.25, -0.2) is 9.97 Å². The Bertz CT molecular complexity index is 482. The SMILES string of the molecule is COCC(Nc1cc(Cl)nc(C)n1)c1ccco1. The summed E-state index contributed by atoms with van der Waals surface area (Å²) in [7, 11) is 1.63. The van der Waals surface area contributed by atoms with Crippen molar-refractivity contribution < 1.29 is 9.15 Å². The topological polar surface area (TPSA) is 60.2 Å². The number of ether oxygens (including phenoxy) is 1. The molecule has 0 aliphatic rings. The third-order valence-electron chi connectivity index (χ3n) is 2.35. The van der Waals surface area contributed by atoms with Gasteiger partial charge in [0.25, 0.3) is 0 Å². The molecule has 2 aromatic rings. The number of aromatic nitrogens is 2. The Balaban J connectivity index is 2.18. The molecule has 2 heterocycles. The van der Waals surface area contributed by atoms with Crippen LogP contribution in [0.4, 0.5) is 5.82 Å². The first-order valence-electron chi connectivity index (χ1n) is 5.49. The van der Waals surface area contributed by atoms with Crippen LogP contribution < -0.4 is 5.32 Å². The molecule has 0 amide bonds. The third kappa shape index (κ3) is 3.21. The maximum atomic E-state index is 5.89. The van der Waals surface area contributed by atoms with Crippen molar-refractivity contribution in [3.05, 3.63) is 41.2 Å². The van der Waals surface area contributed by atoms with Crippen LogP contribution in [0.2, 0.25) is 5.15 Å². The molecule has 0 spiro atoms. The van der Waals surface area contributed by atoms with E-state index in [0.717, 1.165) is 5.76 Å². The number of nitrogens with one attached hydrogen (secondary N) is 1. The van der Waals surface area contributed by atoms with Gasteiger partial charge < -0.3 is 14.5 Å². The van der Waals surface area contributed by atoms with Gasteiger partial charge in [-0.3, -0.25) is 0 Å². The van der Waals surface area contributed by atoms with Crippen LogP contribution >= 0.6 is 11.6 Å². The van der Waals surface area contributed by atoms with Crippen LogP contribution in [0.15, 0.2) is 28.9 Å². The molecule has 1 atom stereocenters. The van der Waals surface area contributed by atoms with E-state index in [1.54, 1.807) is 26.4 Å². The monoisotopic (exact) mass is 267 g/mol. The summed E-state index contributed by atoms with van der Waals surface area (Å²) in [6.45, 7) is 2.25. The molecule has 2 rings (SSSR count). The third-order valence-corrected chi connectivity index (χ3v) is 2.54. The summed E-state index contributed by atoms with van der Waals surface area (Å²) in [5, 5.41) is 3.61. The first kappa shape index (κ1) is 12.9. The molecule has 1 unspecified atom stereocenters. The van der Waals surface area contributed by atoms with Crippen molar-refractivity contribution in [2.24, 2.45) is 0 Å². The minimum atomic E-state index is -0.115. The molecule has 0 saturated heterocycles. The summed E-state index contributed by atoms with van der Waals surface area (Å²) >= 11 is 5.89. The lowest BCUT2D eigenvalue weighted by molar-refractivity contribution is 0.178. The molecule has 18 heavy (non-hydrogen) atoms. The summed E-state index contributed by atoms with van der Waals surface area (Å²) in [5.41, 5.74) is 0. The summed E-state index contributed by atoms with van der Waals surface area (Å²) < 4.78 is 10.5. The van der Waals surface area contributed by atoms with Crippen molar-refractivity contribution in [3.63, 3.8) is 0 Å². The van der Waals surface area contributed by atoms with Gasteiger partial charge >= 0.3 is 0 Å². The van der Waals surface area contributed by atoms with E-state index in [-0.39, 0.29) is 6.04 Å². The van der Waals surface area contributed by atoms with Gasteiger partial charge in [0.2, 0.25) is 0 Å². The molecule has 0 aromatic carbocycles. The van der Waals surface area contributed by atoms with Crippen molar-refractivity contribution in [3.8, 4) is 0 Å². The molecule has 0 aliphatic carbocycles. The molecule has 0 bridgehead atoms. The van der Waals surface area contributed by atoms with Gasteiger partial charge in [-0.15, -0.1) is 0 Å². The molecule has 0 radical (unpaired) electrons. The highest BCUT2D eigenvalue weighted by Crippen LogP contribution is 2.20. The Morgan fingerprint density at radius 2 is 2.33 bits per heavy atom. The Morgan fingerprint density at radius 1 is 1.50 bits per heavy atom. The van der Waals surface area contributed by atoms with E-state index in [4.69, 9.17) is 20.8 Å². The highest BCUT2D eigenvalue weighted by molar-refractivity contribution is 6.29. The van der Waals surface area contributed by atoms with Crippen LogP contribution in [0, 0.1) is 6.92 Å². The highest BCUT2D eigenvalue weighted by Gasteiger charge is 2.15. The average Bonchev–Trinajstić information content (AvgIpc) is 2.80. The fourth-order valence-corrected chi connectivity index (χ4v) is 1.86. The van der Waals surface area contributed by atoms with E-state index in [1.165, 1.54) is 0 Å². The first-order chi connectivity index (χ1) is 8.69. The zero-order valence-corrected chi connectivity index (χ0v) is 10.9. The lowest BCUT2D eigenvalue weighted by Gasteiger charge is -2.16. The van der Waals surface area contributed by atoms with E-state index in [0.29, 0.717) is 23.4 Å². The van der Waals surface area contributed by atoms with E-state index in [9.17, 15) is 0 Å². The number of hydrogen-bond donors (Lipinski definition) is 1. The molecule has 96 valence electrons. The van der Waals surface area contributed by atoms with Gasteiger partial charge in [0.15, 0.2) is 0 Å². The molecular formula is C12H14ClN3O2. The molecule has 0 aliphatic heterocycles. The van der Waals surface area contributed by atoms with Gasteiger partial charge in [0, 0.05) is 13.2 Å². The van der Waals surface area contributed by atoms with Gasteiger partial charge in [-0.2, -0.15) is 0 Å². The summed E-state index contributed by atoms with van der Waals surface area (Å²) in [6, 6.07) is 5.26. The van der Waals surface area contributed by atoms with Gasteiger partial charge in [-0.1, -0.05) is 11.6 Å². The minimum absolute atomic E-state index is 0.115. The second-order valence-electron chi connectivity index (χ2n) is 3.79. The zero-order chi connectivity index (χ0) is 13.0. The number of halogens is 1. The first-order valence-corrected chi connectivity index (χ1v) is 5.87. The van der Waals surface area contributed by atoms with Crippen LogP contribution in [0.3, 0.4) is 0 Å². The number of hydrogen-bond acceptors (Lipinski definition) is 5. The normalized spacial score (nSPS) is 12.4. The predicted octanol–water partition coefficient (Wildman–Crippen LogP) is 2.83. The molecule has 0 fully saturated rings. The fraction of sp³-hybridized carbons (Fsp3) is 0.333. The van der Waals surface area contributed by atoms with Crippen LogP contribution in [0.1, 0.15) is 17.6 Å². The lowest BCUT2D eigenvalue weighted by atomic mass is 10.2. The Morgan fingerprint density at radius 3 is 2.94 bits per heavy atom. The van der Waals surface area contributed by atoms with E-state index in [1.807, 2.05) is 12.1 Å². The summed E-state index contributed by atoms with van der Waals surface area (Å²) in [6.07, 6.45) is 1.62. The Labute approximate surface area is 110 Å². The molecule has 5 nitrogen and oxygen atoms in total. The van der Waals surface area contributed by atoms with Gasteiger partial charge in [-0.05, 0) is 19.1 Å². The maximum Gasteiger partial charge on any atom is 0.134 e. The molecule has 6 heteroatoms.